The summed E-state index contributed by atoms with van der Waals surface area (Å²) < 4.78 is 4.88. The van der Waals surface area contributed by atoms with Gasteiger partial charge in [0.05, 0.1) is 12.8 Å². The minimum Gasteiger partial charge on any atom is -0.461 e. The number of hydrogen-bond donors (Lipinski definition) is 1. The number of aliphatic hydroxyl groups excluding tert-OH is 1. The zero-order valence-electron chi connectivity index (χ0n) is 13.4. The van der Waals surface area contributed by atoms with Gasteiger partial charge in [-0.3, -0.25) is 0 Å². The van der Waals surface area contributed by atoms with Crippen LogP contribution in [-0.2, 0) is 9.53 Å². The summed E-state index contributed by atoms with van der Waals surface area (Å²) in [7, 11) is 3.25. The highest BCUT2D eigenvalue weighted by Gasteiger charge is 2.25. The van der Waals surface area contributed by atoms with E-state index in [1.165, 1.54) is 18.8 Å². The molecule has 0 fully saturated rings. The second-order valence-corrected chi connectivity index (χ2v) is 6.19. The second kappa shape index (κ2) is 9.02. The Hall–Kier alpha value is -1.25. The third-order valence-electron chi connectivity index (χ3n) is 3.34. The van der Waals surface area contributed by atoms with Crippen molar-refractivity contribution in [2.75, 3.05) is 13.7 Å². The fourth-order valence-electron chi connectivity index (χ4n) is 2.18. The molecule has 0 amide bonds. The molecule has 6 nitrogen and oxygen atoms in total. The van der Waals surface area contributed by atoms with Crippen LogP contribution in [0.15, 0.2) is 5.38 Å². The normalized spacial score (nSPS) is 14.0. The van der Waals surface area contributed by atoms with Crippen molar-refractivity contribution in [1.29, 1.82) is 0 Å². The first kappa shape index (κ1) is 18.8. The van der Waals surface area contributed by atoms with Gasteiger partial charge < -0.3 is 19.4 Å². The van der Waals surface area contributed by atoms with Gasteiger partial charge in [-0.1, -0.05) is 13.8 Å². The monoisotopic (exact) mass is 325 g/mol. The minimum atomic E-state index is -0.789. The summed E-state index contributed by atoms with van der Waals surface area (Å²) >= 11 is 1.23. The molecular weight excluding hydrogens is 303 g/mol. The van der Waals surface area contributed by atoms with E-state index in [2.05, 4.69) is 4.98 Å². The van der Waals surface area contributed by atoms with Crippen molar-refractivity contribution in [1.82, 2.24) is 9.79 Å². The fourth-order valence-corrected chi connectivity index (χ4v) is 2.97. The Balaban J connectivity index is 2.75. The smallest absolute Gasteiger partial charge is 0.357 e. The summed E-state index contributed by atoms with van der Waals surface area (Å²) in [6, 6.07) is -0.00450. The molecule has 2 atom stereocenters. The van der Waals surface area contributed by atoms with E-state index >= 15 is 0 Å². The first-order chi connectivity index (χ1) is 10.4. The lowest BCUT2D eigenvalue weighted by molar-refractivity contribution is 0.0519. The zero-order chi connectivity index (χ0) is 16.7. The van der Waals surface area contributed by atoms with Crippen molar-refractivity contribution in [3.05, 3.63) is 16.1 Å². The maximum Gasteiger partial charge on any atom is 0.357 e. The molecule has 0 aromatic carbocycles. The highest BCUT2D eigenvalue weighted by molar-refractivity contribution is 7.09. The molecule has 0 unspecified atom stereocenters. The lowest BCUT2D eigenvalue weighted by atomic mass is 9.86. The first-order valence-corrected chi connectivity index (χ1v) is 8.09. The van der Waals surface area contributed by atoms with Crippen molar-refractivity contribution in [3.63, 3.8) is 0 Å². The number of aliphatic hydroxyl groups is 1. The van der Waals surface area contributed by atoms with E-state index in [0.717, 1.165) is 6.19 Å². The highest BCUT2D eigenvalue weighted by Crippen LogP contribution is 2.26. The van der Waals surface area contributed by atoms with Crippen LogP contribution in [0.4, 0.5) is 0 Å². The molecule has 0 saturated carbocycles. The van der Waals surface area contributed by atoms with Crippen molar-refractivity contribution in [2.24, 2.45) is 5.92 Å². The van der Waals surface area contributed by atoms with E-state index in [1.807, 2.05) is 13.8 Å². The predicted molar refractivity (Wildman–Crippen MR) is 86.5 cm³/mol. The third kappa shape index (κ3) is 5.19. The number of thiazole rings is 1. The van der Waals surface area contributed by atoms with Gasteiger partial charge >= 0.3 is 5.97 Å². The summed E-state index contributed by atoms with van der Waals surface area (Å²) in [6.07, 6.45) is 0.362. The molecule has 1 rings (SSSR count). The summed E-state index contributed by atoms with van der Waals surface area (Å²) in [6.45, 7) is 6.07. The summed E-state index contributed by atoms with van der Waals surface area (Å²) in [5, 5.41) is 12.4. The third-order valence-corrected chi connectivity index (χ3v) is 4.29. The molecule has 121 valence electrons. The first-order valence-electron chi connectivity index (χ1n) is 7.21. The predicted octanol–water partition coefficient (Wildman–Crippen LogP) is 1.51. The van der Waals surface area contributed by atoms with Crippen LogP contribution in [-0.4, -0.2) is 54.2 Å². The van der Waals surface area contributed by atoms with E-state index < -0.39 is 12.1 Å². The van der Waals surface area contributed by atoms with E-state index in [-0.39, 0.29) is 24.3 Å². The highest BCUT2D eigenvalue weighted by atomic mass is 32.1. The molecule has 0 spiro atoms. The summed E-state index contributed by atoms with van der Waals surface area (Å²) in [5.41, 5.74) is 0.217. The Morgan fingerprint density at radius 1 is 1.59 bits per heavy atom. The molecule has 0 aliphatic heterocycles. The van der Waals surface area contributed by atoms with Gasteiger partial charge in [-0.2, -0.15) is 0 Å². The SMILES string of the molecule is CCOC(=O)c1csc([C@H](O)C[C@H](C(C)C)N(C)[B]C=O)n1. The van der Waals surface area contributed by atoms with Crippen LogP contribution in [0.5, 0.6) is 0 Å². The molecule has 0 aliphatic rings. The van der Waals surface area contributed by atoms with E-state index in [9.17, 15) is 14.7 Å². The minimum absolute atomic E-state index is 0.00450. The Labute approximate surface area is 135 Å². The molecular formula is C14H22BN2O4S. The molecule has 1 aromatic rings. The maximum atomic E-state index is 11.6. The Morgan fingerprint density at radius 2 is 2.27 bits per heavy atom. The number of aromatic nitrogens is 1. The van der Waals surface area contributed by atoms with Crippen molar-refractivity contribution in [3.8, 4) is 0 Å². The van der Waals surface area contributed by atoms with Gasteiger partial charge in [0, 0.05) is 11.4 Å². The van der Waals surface area contributed by atoms with Gasteiger partial charge in [-0.25, -0.2) is 9.78 Å². The van der Waals surface area contributed by atoms with Crippen LogP contribution in [0.25, 0.3) is 0 Å². The molecule has 0 bridgehead atoms. The summed E-state index contributed by atoms with van der Waals surface area (Å²) in [4.78, 5) is 28.1. The zero-order valence-corrected chi connectivity index (χ0v) is 14.2. The van der Waals surface area contributed by atoms with Gasteiger partial charge in [-0.15, -0.1) is 11.3 Å². The summed E-state index contributed by atoms with van der Waals surface area (Å²) in [5.74, 6) is -0.232. The largest absolute Gasteiger partial charge is 0.461 e. The molecule has 22 heavy (non-hydrogen) atoms. The van der Waals surface area contributed by atoms with E-state index in [0.29, 0.717) is 11.4 Å². The van der Waals surface area contributed by atoms with Crippen molar-refractivity contribution in [2.45, 2.75) is 39.3 Å². The maximum absolute atomic E-state index is 11.6. The van der Waals surface area contributed by atoms with Crippen molar-refractivity contribution >= 4 is 30.9 Å². The number of hydrogen-bond acceptors (Lipinski definition) is 7. The van der Waals surface area contributed by atoms with Crippen LogP contribution in [0.3, 0.4) is 0 Å². The average Bonchev–Trinajstić information content (AvgIpc) is 2.94. The Bertz CT molecular complexity index is 495. The fraction of sp³-hybridized carbons (Fsp3) is 0.643. The molecule has 1 radical (unpaired) electrons. The quantitative estimate of drug-likeness (QED) is 0.421. The van der Waals surface area contributed by atoms with Gasteiger partial charge in [-0.05, 0) is 26.3 Å². The van der Waals surface area contributed by atoms with Gasteiger partial charge in [0.1, 0.15) is 11.1 Å². The van der Waals surface area contributed by atoms with Gasteiger partial charge in [0.25, 0.3) is 7.41 Å². The molecule has 0 aliphatic carbocycles. The van der Waals surface area contributed by atoms with Gasteiger partial charge in [0.2, 0.25) is 0 Å². The van der Waals surface area contributed by atoms with Crippen LogP contribution in [0.2, 0.25) is 0 Å². The number of nitrogens with zero attached hydrogens (tertiary/aromatic N) is 2. The molecule has 1 N–H and O–H groups in total. The van der Waals surface area contributed by atoms with E-state index in [4.69, 9.17) is 4.74 Å². The number of ether oxygens (including phenoxy) is 1. The van der Waals surface area contributed by atoms with Gasteiger partial charge in [0.15, 0.2) is 5.69 Å². The Kier molecular flexibility index (Phi) is 7.71. The number of rotatable bonds is 9. The van der Waals surface area contributed by atoms with Crippen LogP contribution in [0.1, 0.15) is 48.8 Å². The molecule has 8 heteroatoms. The topological polar surface area (TPSA) is 79.7 Å². The molecule has 1 aromatic heterocycles. The molecule has 1 heterocycles. The average molecular weight is 325 g/mol. The standard InChI is InChI=1S/C14H22BN2O4S/c1-5-21-14(20)10-7-22-13(16-10)12(19)6-11(9(2)3)17(4)15-8-18/h7-9,11-12,19H,5-6H2,1-4H3/t11-,12-/m1/s1. The number of carbonyl (C=O) groups excluding carboxylic acids is 2. The number of esters is 1. The van der Waals surface area contributed by atoms with Crippen LogP contribution in [0, 0.1) is 5.92 Å². The second-order valence-electron chi connectivity index (χ2n) is 5.30. The van der Waals surface area contributed by atoms with Crippen molar-refractivity contribution < 1.29 is 19.4 Å². The van der Waals surface area contributed by atoms with Crippen LogP contribution < -0.4 is 0 Å². The molecule has 0 saturated heterocycles. The Morgan fingerprint density at radius 3 is 2.82 bits per heavy atom. The number of carbonyl (C=O) groups is 2. The lowest BCUT2D eigenvalue weighted by Gasteiger charge is -2.31. The van der Waals surface area contributed by atoms with E-state index in [1.54, 1.807) is 24.2 Å². The van der Waals surface area contributed by atoms with Crippen LogP contribution >= 0.6 is 11.3 Å². The lowest BCUT2D eigenvalue weighted by Crippen LogP contribution is -2.40.